The number of benzene rings is 1. The Morgan fingerprint density at radius 3 is 2.94 bits per heavy atom. The van der Waals surface area contributed by atoms with Gasteiger partial charge < -0.3 is 4.90 Å². The van der Waals surface area contributed by atoms with Crippen LogP contribution in [0, 0.1) is 0 Å². The van der Waals surface area contributed by atoms with Crippen LogP contribution in [0.3, 0.4) is 0 Å². The molecule has 0 aliphatic carbocycles. The number of hydrogen-bond donors (Lipinski definition) is 1. The molecule has 4 heteroatoms. The fourth-order valence-corrected chi connectivity index (χ4v) is 3.22. The van der Waals surface area contributed by atoms with E-state index in [2.05, 4.69) is 18.7 Å². The fourth-order valence-electron chi connectivity index (χ4n) is 2.12. The number of carbonyl (C=O) groups is 1. The number of thiophene rings is 1. The Morgan fingerprint density at radius 1 is 1.35 bits per heavy atom. The normalized spacial score (nSPS) is 13.8. The van der Waals surface area contributed by atoms with Crippen molar-refractivity contribution in [3.05, 3.63) is 46.2 Å². The first kappa shape index (κ1) is 10.9. The Morgan fingerprint density at radius 2 is 2.18 bits per heavy atom. The molecule has 1 aromatic carbocycles. The highest BCUT2D eigenvalue weighted by molar-refractivity contribution is 7.80. The van der Waals surface area contributed by atoms with Gasteiger partial charge in [0.2, 0.25) is 0 Å². The molecule has 0 saturated carbocycles. The number of thiol groups is 1. The largest absolute Gasteiger partial charge is 0.307 e. The van der Waals surface area contributed by atoms with Gasteiger partial charge in [-0.25, -0.2) is 0 Å². The van der Waals surface area contributed by atoms with Crippen LogP contribution in [0.25, 0.3) is 0 Å². The average Bonchev–Trinajstić information content (AvgIpc) is 2.94. The van der Waals surface area contributed by atoms with Crippen molar-refractivity contribution >= 4 is 35.6 Å². The number of amides is 1. The maximum Gasteiger partial charge on any atom is 0.268 e. The lowest BCUT2D eigenvalue weighted by molar-refractivity contribution is 0.0993. The van der Waals surface area contributed by atoms with E-state index in [-0.39, 0.29) is 5.91 Å². The minimum atomic E-state index is 0.0836. The maximum absolute atomic E-state index is 12.3. The van der Waals surface area contributed by atoms with Crippen molar-refractivity contribution in [2.75, 3.05) is 11.4 Å². The zero-order valence-corrected chi connectivity index (χ0v) is 10.8. The van der Waals surface area contributed by atoms with Crippen molar-refractivity contribution in [2.24, 2.45) is 0 Å². The first-order chi connectivity index (χ1) is 8.25. The summed E-state index contributed by atoms with van der Waals surface area (Å²) in [4.78, 5) is 15.8. The monoisotopic (exact) mass is 261 g/mol. The summed E-state index contributed by atoms with van der Waals surface area (Å²) in [5.74, 6) is 0.0836. The first-order valence-corrected chi connectivity index (χ1v) is 6.75. The highest BCUT2D eigenvalue weighted by Gasteiger charge is 2.25. The Labute approximate surface area is 109 Å². The standard InChI is InChI=1S/C13H11NOS2/c15-13(12-7-10(16)8-17-12)14-6-5-9-3-1-2-4-11(9)14/h1-4,7-8,16H,5-6H2. The fraction of sp³-hybridized carbons (Fsp3) is 0.154. The lowest BCUT2D eigenvalue weighted by Gasteiger charge is -2.15. The Bertz CT molecular complexity index is 576. The molecule has 1 aliphatic rings. The van der Waals surface area contributed by atoms with Gasteiger partial charge in [-0.3, -0.25) is 4.79 Å². The van der Waals surface area contributed by atoms with Gasteiger partial charge in [0.1, 0.15) is 0 Å². The summed E-state index contributed by atoms with van der Waals surface area (Å²) < 4.78 is 0. The molecule has 2 heterocycles. The van der Waals surface area contributed by atoms with E-state index < -0.39 is 0 Å². The van der Waals surface area contributed by atoms with E-state index in [1.54, 1.807) is 0 Å². The molecule has 1 aromatic heterocycles. The van der Waals surface area contributed by atoms with Gasteiger partial charge >= 0.3 is 0 Å². The van der Waals surface area contributed by atoms with Crippen molar-refractivity contribution in [3.8, 4) is 0 Å². The molecule has 1 aliphatic heterocycles. The highest BCUT2D eigenvalue weighted by atomic mass is 32.1. The second-order valence-corrected chi connectivity index (χ2v) is 5.43. The van der Waals surface area contributed by atoms with Gasteiger partial charge in [0.05, 0.1) is 4.88 Å². The quantitative estimate of drug-likeness (QED) is 0.781. The molecule has 0 bridgehead atoms. The summed E-state index contributed by atoms with van der Waals surface area (Å²) in [6.45, 7) is 0.776. The highest BCUT2D eigenvalue weighted by Crippen LogP contribution is 2.30. The number of para-hydroxylation sites is 1. The van der Waals surface area contributed by atoms with Crippen molar-refractivity contribution in [3.63, 3.8) is 0 Å². The van der Waals surface area contributed by atoms with Gasteiger partial charge in [0.25, 0.3) is 5.91 Å². The van der Waals surface area contributed by atoms with Crippen molar-refractivity contribution < 1.29 is 4.79 Å². The third-order valence-corrected chi connectivity index (χ3v) is 4.28. The number of nitrogens with zero attached hydrogens (tertiary/aromatic N) is 1. The van der Waals surface area contributed by atoms with Gasteiger partial charge in [-0.05, 0) is 24.1 Å². The molecular weight excluding hydrogens is 250 g/mol. The molecule has 3 rings (SSSR count). The van der Waals surface area contributed by atoms with Gasteiger partial charge in [0.15, 0.2) is 0 Å². The summed E-state index contributed by atoms with van der Waals surface area (Å²) in [6.07, 6.45) is 0.945. The molecule has 0 saturated heterocycles. The van der Waals surface area contributed by atoms with Crippen LogP contribution in [0.5, 0.6) is 0 Å². The number of hydrogen-bond acceptors (Lipinski definition) is 3. The zero-order chi connectivity index (χ0) is 11.8. The number of anilines is 1. The van der Waals surface area contributed by atoms with E-state index in [9.17, 15) is 4.79 Å². The zero-order valence-electron chi connectivity index (χ0n) is 9.09. The summed E-state index contributed by atoms with van der Waals surface area (Å²) >= 11 is 5.69. The lowest BCUT2D eigenvalue weighted by Crippen LogP contribution is -2.28. The van der Waals surface area contributed by atoms with Crippen molar-refractivity contribution in [2.45, 2.75) is 11.3 Å². The van der Waals surface area contributed by atoms with Crippen LogP contribution >= 0.6 is 24.0 Å². The summed E-state index contributed by atoms with van der Waals surface area (Å²) in [5.41, 5.74) is 2.30. The molecule has 17 heavy (non-hydrogen) atoms. The smallest absolute Gasteiger partial charge is 0.268 e. The Hall–Kier alpha value is -1.26. The Balaban J connectivity index is 1.95. The molecule has 0 N–H and O–H groups in total. The van der Waals surface area contributed by atoms with E-state index in [0.717, 1.165) is 28.4 Å². The van der Waals surface area contributed by atoms with Crippen LogP contribution in [-0.4, -0.2) is 12.5 Å². The molecule has 86 valence electrons. The third-order valence-electron chi connectivity index (χ3n) is 2.93. The molecule has 2 aromatic rings. The van der Waals surface area contributed by atoms with Gasteiger partial charge in [-0.2, -0.15) is 0 Å². The minimum Gasteiger partial charge on any atom is -0.307 e. The predicted molar refractivity (Wildman–Crippen MR) is 73.4 cm³/mol. The predicted octanol–water partition coefficient (Wildman–Crippen LogP) is 3.24. The minimum absolute atomic E-state index is 0.0836. The van der Waals surface area contributed by atoms with Gasteiger partial charge in [0, 0.05) is 22.5 Å². The van der Waals surface area contributed by atoms with E-state index in [1.807, 2.05) is 34.5 Å². The van der Waals surface area contributed by atoms with Crippen LogP contribution in [0.15, 0.2) is 40.6 Å². The SMILES string of the molecule is O=C(c1cc(S)cs1)N1CCc2ccccc21. The van der Waals surface area contributed by atoms with Crippen LogP contribution in [0.2, 0.25) is 0 Å². The third kappa shape index (κ3) is 1.87. The Kier molecular flexibility index (Phi) is 2.68. The van der Waals surface area contributed by atoms with E-state index >= 15 is 0 Å². The summed E-state index contributed by atoms with van der Waals surface area (Å²) in [7, 11) is 0. The molecular formula is C13H11NOS2. The van der Waals surface area contributed by atoms with Crippen LogP contribution in [-0.2, 0) is 6.42 Å². The van der Waals surface area contributed by atoms with Crippen LogP contribution < -0.4 is 4.90 Å². The van der Waals surface area contributed by atoms with E-state index in [1.165, 1.54) is 16.9 Å². The van der Waals surface area contributed by atoms with Crippen LogP contribution in [0.4, 0.5) is 5.69 Å². The molecule has 0 spiro atoms. The maximum atomic E-state index is 12.3. The first-order valence-electron chi connectivity index (χ1n) is 5.43. The molecule has 0 atom stereocenters. The van der Waals surface area contributed by atoms with Crippen molar-refractivity contribution in [1.82, 2.24) is 0 Å². The topological polar surface area (TPSA) is 20.3 Å². The van der Waals surface area contributed by atoms with Gasteiger partial charge in [-0.1, -0.05) is 18.2 Å². The van der Waals surface area contributed by atoms with E-state index in [4.69, 9.17) is 0 Å². The van der Waals surface area contributed by atoms with Crippen LogP contribution in [0.1, 0.15) is 15.2 Å². The molecule has 2 nitrogen and oxygen atoms in total. The second-order valence-electron chi connectivity index (χ2n) is 4.00. The number of rotatable bonds is 1. The molecule has 0 unspecified atom stereocenters. The van der Waals surface area contributed by atoms with Gasteiger partial charge in [-0.15, -0.1) is 24.0 Å². The summed E-state index contributed by atoms with van der Waals surface area (Å²) in [5, 5.41) is 1.89. The molecule has 0 radical (unpaired) electrons. The molecule has 1 amide bonds. The lowest BCUT2D eigenvalue weighted by atomic mass is 10.2. The average molecular weight is 261 g/mol. The second kappa shape index (κ2) is 4.20. The van der Waals surface area contributed by atoms with Crippen molar-refractivity contribution in [1.29, 1.82) is 0 Å². The number of carbonyl (C=O) groups excluding carboxylic acids is 1. The van der Waals surface area contributed by atoms with E-state index in [0.29, 0.717) is 0 Å². The molecule has 0 fully saturated rings. The summed E-state index contributed by atoms with van der Waals surface area (Å²) in [6, 6.07) is 9.92. The number of fused-ring (bicyclic) bond motifs is 1.